The summed E-state index contributed by atoms with van der Waals surface area (Å²) >= 11 is 0. The van der Waals surface area contributed by atoms with E-state index in [1.165, 1.54) is 24.0 Å². The molecule has 0 saturated carbocycles. The summed E-state index contributed by atoms with van der Waals surface area (Å²) in [5.41, 5.74) is 8.04. The zero-order chi connectivity index (χ0) is 17.4. The molecule has 2 aromatic carbocycles. The molecule has 0 aliphatic carbocycles. The van der Waals surface area contributed by atoms with E-state index in [0.717, 1.165) is 17.5 Å². The van der Waals surface area contributed by atoms with Crippen LogP contribution in [0.1, 0.15) is 37.3 Å². The zero-order valence-electron chi connectivity index (χ0n) is 15.2. The quantitative estimate of drug-likeness (QED) is 0.361. The van der Waals surface area contributed by atoms with Gasteiger partial charge in [-0.05, 0) is 41.8 Å². The molecule has 0 aliphatic rings. The molecule has 0 aliphatic heterocycles. The van der Waals surface area contributed by atoms with Crippen molar-refractivity contribution < 1.29 is 0 Å². The van der Waals surface area contributed by atoms with Gasteiger partial charge in [0.2, 0.25) is 0 Å². The van der Waals surface area contributed by atoms with Crippen LogP contribution in [-0.2, 0) is 0 Å². The molecule has 2 rings (SSSR count). The SMILES string of the molecule is CCCCC#Cc1ccc(-c2ccc(C#C[Si](C)(C)C)cc2)cc1. The fraction of sp³-hybridized carbons (Fsp3) is 0.304. The largest absolute Gasteiger partial charge is 0.129 e. The predicted molar refractivity (Wildman–Crippen MR) is 109 cm³/mol. The minimum absolute atomic E-state index is 0.984. The average Bonchev–Trinajstić information content (AvgIpc) is 2.57. The maximum atomic E-state index is 3.41. The Morgan fingerprint density at radius 3 is 1.71 bits per heavy atom. The standard InChI is InChI=1S/C23H26Si/c1-5-6-7-8-9-20-10-14-22(15-11-20)23-16-12-21(13-17-23)18-19-24(2,3)4/h10-17H,5-7H2,1-4H3. The highest BCUT2D eigenvalue weighted by Gasteiger charge is 2.07. The van der Waals surface area contributed by atoms with Crippen molar-refractivity contribution in [1.29, 1.82) is 0 Å². The van der Waals surface area contributed by atoms with E-state index in [0.29, 0.717) is 0 Å². The Balaban J connectivity index is 2.08. The average molecular weight is 331 g/mol. The van der Waals surface area contributed by atoms with E-state index in [-0.39, 0.29) is 0 Å². The molecule has 0 amide bonds. The molecule has 0 nitrogen and oxygen atoms in total. The van der Waals surface area contributed by atoms with Crippen LogP contribution in [0.5, 0.6) is 0 Å². The van der Waals surface area contributed by atoms with Crippen LogP contribution in [0.15, 0.2) is 48.5 Å². The molecular weight excluding hydrogens is 304 g/mol. The Bertz CT molecular complexity index is 767. The molecule has 1 heteroatoms. The lowest BCUT2D eigenvalue weighted by Gasteiger charge is -2.04. The second-order valence-electron chi connectivity index (χ2n) is 7.06. The molecule has 2 aromatic rings. The summed E-state index contributed by atoms with van der Waals surface area (Å²) in [6, 6.07) is 17.0. The van der Waals surface area contributed by atoms with Crippen molar-refractivity contribution in [3.63, 3.8) is 0 Å². The van der Waals surface area contributed by atoms with Crippen LogP contribution in [0.25, 0.3) is 11.1 Å². The van der Waals surface area contributed by atoms with E-state index in [1.54, 1.807) is 0 Å². The molecule has 0 atom stereocenters. The van der Waals surface area contributed by atoms with E-state index >= 15 is 0 Å². The van der Waals surface area contributed by atoms with Crippen LogP contribution in [0.4, 0.5) is 0 Å². The highest BCUT2D eigenvalue weighted by Crippen LogP contribution is 2.20. The lowest BCUT2D eigenvalue weighted by atomic mass is 10.0. The van der Waals surface area contributed by atoms with Crippen LogP contribution in [0.3, 0.4) is 0 Å². The Morgan fingerprint density at radius 1 is 0.750 bits per heavy atom. The number of unbranched alkanes of at least 4 members (excludes halogenated alkanes) is 2. The van der Waals surface area contributed by atoms with Crippen molar-refractivity contribution >= 4 is 8.07 Å². The van der Waals surface area contributed by atoms with Gasteiger partial charge in [0, 0.05) is 17.5 Å². The van der Waals surface area contributed by atoms with Crippen LogP contribution in [-0.4, -0.2) is 8.07 Å². The zero-order valence-corrected chi connectivity index (χ0v) is 16.2. The number of hydrogen-bond donors (Lipinski definition) is 0. The summed E-state index contributed by atoms with van der Waals surface area (Å²) in [5, 5.41) is 0. The molecule has 0 fully saturated rings. The fourth-order valence-corrected chi connectivity index (χ4v) is 2.70. The molecule has 0 radical (unpaired) electrons. The minimum Gasteiger partial charge on any atom is -0.127 e. The Morgan fingerprint density at radius 2 is 1.25 bits per heavy atom. The van der Waals surface area contributed by atoms with E-state index in [1.807, 2.05) is 0 Å². The summed E-state index contributed by atoms with van der Waals surface area (Å²) < 4.78 is 0. The van der Waals surface area contributed by atoms with Gasteiger partial charge in [-0.25, -0.2) is 0 Å². The van der Waals surface area contributed by atoms with Gasteiger partial charge in [0.1, 0.15) is 8.07 Å². The van der Waals surface area contributed by atoms with Crippen molar-refractivity contribution in [2.45, 2.75) is 45.8 Å². The third kappa shape index (κ3) is 6.11. The van der Waals surface area contributed by atoms with E-state index < -0.39 is 8.07 Å². The summed E-state index contributed by atoms with van der Waals surface area (Å²) in [6.07, 6.45) is 3.36. The minimum atomic E-state index is -1.31. The van der Waals surface area contributed by atoms with Gasteiger partial charge in [-0.3, -0.25) is 0 Å². The van der Waals surface area contributed by atoms with Gasteiger partial charge in [-0.1, -0.05) is 75.0 Å². The maximum absolute atomic E-state index is 3.41. The first-order valence-electron chi connectivity index (χ1n) is 8.70. The van der Waals surface area contributed by atoms with Gasteiger partial charge in [0.15, 0.2) is 0 Å². The lowest BCUT2D eigenvalue weighted by Crippen LogP contribution is -2.16. The van der Waals surface area contributed by atoms with E-state index in [4.69, 9.17) is 0 Å². The van der Waals surface area contributed by atoms with E-state index in [2.05, 4.69) is 98.4 Å². The Kier molecular flexibility index (Phi) is 6.48. The van der Waals surface area contributed by atoms with Crippen LogP contribution in [0, 0.1) is 23.3 Å². The summed E-state index contributed by atoms with van der Waals surface area (Å²) in [5.74, 6) is 9.77. The van der Waals surface area contributed by atoms with Crippen LogP contribution in [0.2, 0.25) is 19.6 Å². The third-order valence-electron chi connectivity index (χ3n) is 3.57. The molecule has 122 valence electrons. The van der Waals surface area contributed by atoms with Crippen molar-refractivity contribution in [3.8, 4) is 34.4 Å². The van der Waals surface area contributed by atoms with Gasteiger partial charge in [0.05, 0.1) is 0 Å². The third-order valence-corrected chi connectivity index (χ3v) is 4.45. The van der Waals surface area contributed by atoms with Crippen molar-refractivity contribution in [2.75, 3.05) is 0 Å². The molecule has 24 heavy (non-hydrogen) atoms. The summed E-state index contributed by atoms with van der Waals surface area (Å²) in [4.78, 5) is 0. The van der Waals surface area contributed by atoms with Gasteiger partial charge in [-0.2, -0.15) is 0 Å². The first kappa shape index (κ1) is 18.1. The second-order valence-corrected chi connectivity index (χ2v) is 11.8. The maximum Gasteiger partial charge on any atom is 0.129 e. The monoisotopic (exact) mass is 330 g/mol. The number of hydrogen-bond acceptors (Lipinski definition) is 0. The molecule has 0 bridgehead atoms. The first-order valence-corrected chi connectivity index (χ1v) is 12.2. The highest BCUT2D eigenvalue weighted by molar-refractivity contribution is 6.83. The molecular formula is C23H26Si. The molecule has 0 N–H and O–H groups in total. The highest BCUT2D eigenvalue weighted by atomic mass is 28.3. The van der Waals surface area contributed by atoms with Crippen molar-refractivity contribution in [2.24, 2.45) is 0 Å². The normalized spacial score (nSPS) is 10.3. The Labute approximate surface area is 148 Å². The predicted octanol–water partition coefficient (Wildman–Crippen LogP) is 6.12. The summed E-state index contributed by atoms with van der Waals surface area (Å²) in [6.45, 7) is 8.99. The number of rotatable bonds is 3. The van der Waals surface area contributed by atoms with Crippen molar-refractivity contribution in [3.05, 3.63) is 59.7 Å². The summed E-state index contributed by atoms with van der Waals surface area (Å²) in [7, 11) is -1.31. The molecule has 0 spiro atoms. The molecule has 0 aromatic heterocycles. The molecule has 0 heterocycles. The van der Waals surface area contributed by atoms with E-state index in [9.17, 15) is 0 Å². The second kappa shape index (κ2) is 8.58. The van der Waals surface area contributed by atoms with Gasteiger partial charge in [-0.15, -0.1) is 5.54 Å². The lowest BCUT2D eigenvalue weighted by molar-refractivity contribution is 0.828. The van der Waals surface area contributed by atoms with Crippen LogP contribution < -0.4 is 0 Å². The van der Waals surface area contributed by atoms with Gasteiger partial charge >= 0.3 is 0 Å². The van der Waals surface area contributed by atoms with Gasteiger partial charge in [0.25, 0.3) is 0 Å². The number of benzene rings is 2. The van der Waals surface area contributed by atoms with Gasteiger partial charge < -0.3 is 0 Å². The topological polar surface area (TPSA) is 0 Å². The van der Waals surface area contributed by atoms with Crippen molar-refractivity contribution in [1.82, 2.24) is 0 Å². The fourth-order valence-electron chi connectivity index (χ4n) is 2.18. The molecule has 0 unspecified atom stereocenters. The van der Waals surface area contributed by atoms with Crippen LogP contribution >= 0.6 is 0 Å². The first-order chi connectivity index (χ1) is 11.5. The molecule has 0 saturated heterocycles. The smallest absolute Gasteiger partial charge is 0.127 e. The Hall–Kier alpha value is -2.22.